The summed E-state index contributed by atoms with van der Waals surface area (Å²) in [4.78, 5) is 26.5. The number of hydrogen-bond donors (Lipinski definition) is 2. The van der Waals surface area contributed by atoms with Crippen molar-refractivity contribution >= 4 is 28.2 Å². The van der Waals surface area contributed by atoms with E-state index in [1.54, 1.807) is 5.38 Å². The van der Waals surface area contributed by atoms with E-state index in [0.29, 0.717) is 29.7 Å². The molecule has 0 unspecified atom stereocenters. The zero-order chi connectivity index (χ0) is 25.5. The van der Waals surface area contributed by atoms with Crippen molar-refractivity contribution < 1.29 is 9.53 Å². The summed E-state index contributed by atoms with van der Waals surface area (Å²) in [5.41, 5.74) is 3.62. The van der Waals surface area contributed by atoms with Crippen LogP contribution in [-0.2, 0) is 17.8 Å². The zero-order valence-electron chi connectivity index (χ0n) is 20.7. The molecule has 192 valence electrons. The molecule has 0 spiro atoms. The van der Waals surface area contributed by atoms with Crippen LogP contribution in [0, 0.1) is 11.3 Å². The lowest BCUT2D eigenvalue weighted by atomic mass is 10.1. The van der Waals surface area contributed by atoms with Gasteiger partial charge in [-0.05, 0) is 42.6 Å². The molecule has 10 heteroatoms. The molecule has 2 aliphatic heterocycles. The Morgan fingerprint density at radius 1 is 1.14 bits per heavy atom. The maximum atomic E-state index is 12.7. The number of nitriles is 1. The highest BCUT2D eigenvalue weighted by Crippen LogP contribution is 2.31. The number of rotatable bonds is 9. The first-order chi connectivity index (χ1) is 18.2. The number of aromatic nitrogens is 2. The molecule has 0 saturated carbocycles. The molecule has 4 heterocycles. The second kappa shape index (κ2) is 12.3. The SMILES string of the molecule is N#CCN1CCC[C@@H]1c1cccc(Nc2nc(C(=O)NCc3cccc(CN4CCOCC4)c3)cs2)n1. The highest BCUT2D eigenvalue weighted by atomic mass is 32.1. The van der Waals surface area contributed by atoms with Crippen molar-refractivity contribution in [3.63, 3.8) is 0 Å². The third-order valence-corrected chi connectivity index (χ3v) is 7.43. The summed E-state index contributed by atoms with van der Waals surface area (Å²) >= 11 is 1.37. The Balaban J connectivity index is 1.16. The minimum absolute atomic E-state index is 0.159. The van der Waals surface area contributed by atoms with E-state index in [9.17, 15) is 4.79 Å². The second-order valence-corrected chi connectivity index (χ2v) is 10.1. The third kappa shape index (κ3) is 6.70. The van der Waals surface area contributed by atoms with Crippen LogP contribution in [0.5, 0.6) is 0 Å². The van der Waals surface area contributed by atoms with Gasteiger partial charge in [0, 0.05) is 31.6 Å². The van der Waals surface area contributed by atoms with Crippen LogP contribution in [0.25, 0.3) is 0 Å². The number of likely N-dealkylation sites (tertiary alicyclic amines) is 1. The lowest BCUT2D eigenvalue weighted by Gasteiger charge is -2.26. The summed E-state index contributed by atoms with van der Waals surface area (Å²) in [5, 5.41) is 17.7. The van der Waals surface area contributed by atoms with Crippen LogP contribution < -0.4 is 10.6 Å². The Kier molecular flexibility index (Phi) is 8.38. The van der Waals surface area contributed by atoms with Gasteiger partial charge in [-0.15, -0.1) is 11.3 Å². The normalized spacial score (nSPS) is 18.4. The van der Waals surface area contributed by atoms with Gasteiger partial charge in [0.25, 0.3) is 5.91 Å². The van der Waals surface area contributed by atoms with Crippen molar-refractivity contribution in [1.82, 2.24) is 25.1 Å². The Labute approximate surface area is 221 Å². The van der Waals surface area contributed by atoms with Crippen LogP contribution in [0.3, 0.4) is 0 Å². The largest absolute Gasteiger partial charge is 0.379 e. The number of ether oxygens (including phenoxy) is 1. The average molecular weight is 518 g/mol. The zero-order valence-corrected chi connectivity index (χ0v) is 21.5. The standard InChI is InChI=1S/C27H31N7O2S/c28-9-11-34-10-3-7-24(34)22-6-2-8-25(30-22)32-27-31-23(19-37-27)26(35)29-17-20-4-1-5-21(16-20)18-33-12-14-36-15-13-33/h1-2,4-6,8,16,19,24H,3,7,10-15,17-18H2,(H,29,35)(H,30,31,32)/t24-/m1/s1. The van der Waals surface area contributed by atoms with Crippen molar-refractivity contribution in [1.29, 1.82) is 5.26 Å². The molecule has 2 N–H and O–H groups in total. The molecule has 0 bridgehead atoms. The van der Waals surface area contributed by atoms with Crippen LogP contribution in [0.1, 0.15) is 46.2 Å². The maximum Gasteiger partial charge on any atom is 0.271 e. The number of carbonyl (C=O) groups is 1. The molecule has 0 radical (unpaired) electrons. The van der Waals surface area contributed by atoms with Crippen molar-refractivity contribution in [2.45, 2.75) is 32.0 Å². The van der Waals surface area contributed by atoms with Gasteiger partial charge in [-0.1, -0.05) is 30.3 Å². The van der Waals surface area contributed by atoms with Gasteiger partial charge in [0.1, 0.15) is 11.5 Å². The van der Waals surface area contributed by atoms with Gasteiger partial charge < -0.3 is 15.4 Å². The molecule has 2 fully saturated rings. The summed E-state index contributed by atoms with van der Waals surface area (Å²) < 4.78 is 5.43. The van der Waals surface area contributed by atoms with Gasteiger partial charge in [-0.2, -0.15) is 5.26 Å². The molecule has 1 aromatic carbocycles. The number of benzene rings is 1. The fraction of sp³-hybridized carbons (Fsp3) is 0.407. The smallest absolute Gasteiger partial charge is 0.271 e. The molecular weight excluding hydrogens is 486 g/mol. The highest BCUT2D eigenvalue weighted by molar-refractivity contribution is 7.14. The Hall–Kier alpha value is -3.36. The molecule has 1 amide bonds. The number of thiazole rings is 1. The monoisotopic (exact) mass is 517 g/mol. The molecular formula is C27H31N7O2S. The van der Waals surface area contributed by atoms with Gasteiger partial charge in [0.05, 0.1) is 37.6 Å². The number of carbonyl (C=O) groups excluding carboxylic acids is 1. The van der Waals surface area contributed by atoms with E-state index < -0.39 is 0 Å². The number of amides is 1. The second-order valence-electron chi connectivity index (χ2n) is 9.29. The average Bonchev–Trinajstić information content (AvgIpc) is 3.58. The summed E-state index contributed by atoms with van der Waals surface area (Å²) in [5.74, 6) is 0.474. The molecule has 2 aromatic heterocycles. The first kappa shape index (κ1) is 25.3. The summed E-state index contributed by atoms with van der Waals surface area (Å²) in [6, 6.07) is 16.6. The molecule has 2 saturated heterocycles. The van der Waals surface area contributed by atoms with Gasteiger partial charge in [-0.25, -0.2) is 9.97 Å². The molecule has 0 aliphatic carbocycles. The van der Waals surface area contributed by atoms with Crippen LogP contribution in [0.15, 0.2) is 47.8 Å². The topological polar surface area (TPSA) is 106 Å². The predicted molar refractivity (Wildman–Crippen MR) is 143 cm³/mol. The van der Waals surface area contributed by atoms with Crippen LogP contribution in [0.2, 0.25) is 0 Å². The van der Waals surface area contributed by atoms with Crippen molar-refractivity contribution in [3.8, 4) is 6.07 Å². The van der Waals surface area contributed by atoms with E-state index in [1.807, 2.05) is 30.3 Å². The fourth-order valence-electron chi connectivity index (χ4n) is 4.82. The van der Waals surface area contributed by atoms with E-state index >= 15 is 0 Å². The Morgan fingerprint density at radius 2 is 1.97 bits per heavy atom. The third-order valence-electron chi connectivity index (χ3n) is 6.68. The van der Waals surface area contributed by atoms with Gasteiger partial charge in [0.15, 0.2) is 5.13 Å². The minimum Gasteiger partial charge on any atom is -0.379 e. The van der Waals surface area contributed by atoms with Crippen molar-refractivity contribution in [2.75, 3.05) is 44.7 Å². The van der Waals surface area contributed by atoms with Crippen LogP contribution >= 0.6 is 11.3 Å². The highest BCUT2D eigenvalue weighted by Gasteiger charge is 2.26. The van der Waals surface area contributed by atoms with E-state index in [4.69, 9.17) is 15.0 Å². The van der Waals surface area contributed by atoms with Crippen molar-refractivity contribution in [2.24, 2.45) is 0 Å². The van der Waals surface area contributed by atoms with E-state index in [-0.39, 0.29) is 11.9 Å². The molecule has 3 aromatic rings. The quantitative estimate of drug-likeness (QED) is 0.414. The van der Waals surface area contributed by atoms with Gasteiger partial charge in [-0.3, -0.25) is 14.6 Å². The number of nitrogens with zero attached hydrogens (tertiary/aromatic N) is 5. The molecule has 1 atom stereocenters. The number of pyridine rings is 1. The first-order valence-electron chi connectivity index (χ1n) is 12.6. The molecule has 37 heavy (non-hydrogen) atoms. The summed E-state index contributed by atoms with van der Waals surface area (Å²) in [7, 11) is 0. The predicted octanol–water partition coefficient (Wildman–Crippen LogP) is 3.70. The number of anilines is 2. The molecule has 5 rings (SSSR count). The van der Waals surface area contributed by atoms with E-state index in [0.717, 1.165) is 63.5 Å². The fourth-order valence-corrected chi connectivity index (χ4v) is 5.52. The molecule has 9 nitrogen and oxygen atoms in total. The summed E-state index contributed by atoms with van der Waals surface area (Å²) in [6.45, 7) is 6.11. The maximum absolute atomic E-state index is 12.7. The number of hydrogen-bond acceptors (Lipinski definition) is 9. The lowest BCUT2D eigenvalue weighted by molar-refractivity contribution is 0.0342. The van der Waals surface area contributed by atoms with Crippen LogP contribution in [0.4, 0.5) is 10.9 Å². The van der Waals surface area contributed by atoms with E-state index in [2.05, 4.69) is 43.6 Å². The van der Waals surface area contributed by atoms with Gasteiger partial charge in [0.2, 0.25) is 0 Å². The lowest BCUT2D eigenvalue weighted by Crippen LogP contribution is -2.35. The van der Waals surface area contributed by atoms with Gasteiger partial charge >= 0.3 is 0 Å². The minimum atomic E-state index is -0.206. The van der Waals surface area contributed by atoms with E-state index in [1.165, 1.54) is 16.9 Å². The van der Waals surface area contributed by atoms with Crippen molar-refractivity contribution in [3.05, 3.63) is 70.4 Å². The molecule has 2 aliphatic rings. The summed E-state index contributed by atoms with van der Waals surface area (Å²) in [6.07, 6.45) is 2.06. The first-order valence-corrected chi connectivity index (χ1v) is 13.5. The Morgan fingerprint density at radius 3 is 2.84 bits per heavy atom. The van der Waals surface area contributed by atoms with Crippen LogP contribution in [-0.4, -0.2) is 65.1 Å². The Bertz CT molecular complexity index is 1250. The number of morpholine rings is 1. The number of nitrogens with one attached hydrogen (secondary N) is 2.